The molecule has 0 saturated carbocycles. The maximum atomic E-state index is 9.46. The molecule has 0 atom stereocenters. The van der Waals surface area contributed by atoms with Gasteiger partial charge in [0.1, 0.15) is 5.75 Å². The molecule has 0 aliphatic rings. The molecule has 0 spiro atoms. The molecule has 0 radical (unpaired) electrons. The number of aromatic nitrogens is 1. The molecule has 3 rings (SSSR count). The van der Waals surface area contributed by atoms with E-state index in [0.29, 0.717) is 0 Å². The first kappa shape index (κ1) is 10.9. The maximum absolute atomic E-state index is 9.46. The average Bonchev–Trinajstić information content (AvgIpc) is 2.29. The van der Waals surface area contributed by atoms with Crippen molar-refractivity contribution < 1.29 is 5.11 Å². The zero-order valence-corrected chi connectivity index (χ0v) is 10.1. The molecular formula is C13H10BrNO. The van der Waals surface area contributed by atoms with Crippen LogP contribution in [0.5, 0.6) is 5.75 Å². The van der Waals surface area contributed by atoms with Gasteiger partial charge in [0.2, 0.25) is 0 Å². The summed E-state index contributed by atoms with van der Waals surface area (Å²) in [6, 6.07) is 13.3. The summed E-state index contributed by atoms with van der Waals surface area (Å²) >= 11 is 0. The number of fused-ring (bicyclic) bond motifs is 3. The van der Waals surface area contributed by atoms with Crippen molar-refractivity contribution in [2.24, 2.45) is 0 Å². The van der Waals surface area contributed by atoms with E-state index >= 15 is 0 Å². The second-order valence-electron chi connectivity index (χ2n) is 3.55. The lowest BCUT2D eigenvalue weighted by atomic mass is 10.1. The highest BCUT2D eigenvalue weighted by molar-refractivity contribution is 8.93. The summed E-state index contributed by atoms with van der Waals surface area (Å²) in [6.07, 6.45) is 1.86. The highest BCUT2D eigenvalue weighted by Crippen LogP contribution is 2.25. The molecule has 0 amide bonds. The first-order valence-electron chi connectivity index (χ1n) is 4.81. The summed E-state index contributed by atoms with van der Waals surface area (Å²) in [4.78, 5) is 4.34. The molecule has 0 saturated heterocycles. The Hall–Kier alpha value is -1.61. The second-order valence-corrected chi connectivity index (χ2v) is 3.55. The third-order valence-corrected chi connectivity index (χ3v) is 2.57. The lowest BCUT2D eigenvalue weighted by Gasteiger charge is -2.02. The van der Waals surface area contributed by atoms with Gasteiger partial charge in [0.05, 0.1) is 5.52 Å². The molecule has 0 bridgehead atoms. The molecule has 0 unspecified atom stereocenters. The number of phenolic OH excluding ortho intramolecular Hbond substituents is 1. The maximum Gasteiger partial charge on any atom is 0.116 e. The number of phenols is 1. The van der Waals surface area contributed by atoms with Gasteiger partial charge in [0, 0.05) is 17.0 Å². The molecule has 16 heavy (non-hydrogen) atoms. The SMILES string of the molecule is Br.Oc1ccc2ncc3ccccc3c2c1. The van der Waals surface area contributed by atoms with Gasteiger partial charge in [0.15, 0.2) is 0 Å². The quantitative estimate of drug-likeness (QED) is 0.635. The lowest BCUT2D eigenvalue weighted by Crippen LogP contribution is -1.81. The Bertz CT molecular complexity index is 652. The fraction of sp³-hybridized carbons (Fsp3) is 0. The molecule has 3 aromatic rings. The zero-order chi connectivity index (χ0) is 10.3. The van der Waals surface area contributed by atoms with Crippen molar-refractivity contribution in [1.29, 1.82) is 0 Å². The Kier molecular flexibility index (Phi) is 2.79. The molecule has 1 N–H and O–H groups in total. The van der Waals surface area contributed by atoms with Gasteiger partial charge < -0.3 is 5.11 Å². The number of aromatic hydroxyl groups is 1. The van der Waals surface area contributed by atoms with Gasteiger partial charge in [-0.25, -0.2) is 0 Å². The minimum absolute atomic E-state index is 0. The molecular weight excluding hydrogens is 266 g/mol. The van der Waals surface area contributed by atoms with Gasteiger partial charge >= 0.3 is 0 Å². The zero-order valence-electron chi connectivity index (χ0n) is 8.42. The molecule has 3 heteroatoms. The van der Waals surface area contributed by atoms with Gasteiger partial charge in [-0.05, 0) is 23.6 Å². The van der Waals surface area contributed by atoms with Crippen molar-refractivity contribution in [2.75, 3.05) is 0 Å². The Balaban J connectivity index is 0.000000963. The van der Waals surface area contributed by atoms with Crippen LogP contribution in [-0.2, 0) is 0 Å². The first-order chi connectivity index (χ1) is 7.34. The standard InChI is InChI=1S/C13H9NO.BrH/c15-10-5-6-13-12(7-10)11-4-2-1-3-9(11)8-14-13;/h1-8,15H;1H. The summed E-state index contributed by atoms with van der Waals surface area (Å²) in [5.74, 6) is 0.278. The minimum atomic E-state index is 0. The van der Waals surface area contributed by atoms with Crippen LogP contribution < -0.4 is 0 Å². The lowest BCUT2D eigenvalue weighted by molar-refractivity contribution is 0.476. The van der Waals surface area contributed by atoms with E-state index in [-0.39, 0.29) is 22.7 Å². The number of rotatable bonds is 0. The molecule has 1 heterocycles. The number of benzene rings is 2. The summed E-state index contributed by atoms with van der Waals surface area (Å²) in [5.41, 5.74) is 0.909. The van der Waals surface area contributed by atoms with Crippen LogP contribution >= 0.6 is 17.0 Å². The number of halogens is 1. The van der Waals surface area contributed by atoms with E-state index < -0.39 is 0 Å². The second kappa shape index (κ2) is 4.10. The fourth-order valence-corrected chi connectivity index (χ4v) is 1.85. The first-order valence-corrected chi connectivity index (χ1v) is 4.81. The summed E-state index contributed by atoms with van der Waals surface area (Å²) in [5, 5.41) is 12.7. The van der Waals surface area contributed by atoms with Crippen molar-refractivity contribution >= 4 is 38.7 Å². The van der Waals surface area contributed by atoms with Gasteiger partial charge in [0.25, 0.3) is 0 Å². The van der Waals surface area contributed by atoms with Crippen molar-refractivity contribution in [1.82, 2.24) is 4.98 Å². The smallest absolute Gasteiger partial charge is 0.116 e. The third kappa shape index (κ3) is 1.63. The van der Waals surface area contributed by atoms with Crippen LogP contribution in [0.15, 0.2) is 48.7 Å². The largest absolute Gasteiger partial charge is 0.508 e. The average molecular weight is 276 g/mol. The number of hydrogen-bond acceptors (Lipinski definition) is 2. The fourth-order valence-electron chi connectivity index (χ4n) is 1.85. The van der Waals surface area contributed by atoms with Gasteiger partial charge in [-0.3, -0.25) is 4.98 Å². The third-order valence-electron chi connectivity index (χ3n) is 2.57. The van der Waals surface area contributed by atoms with Crippen LogP contribution in [0.1, 0.15) is 0 Å². The van der Waals surface area contributed by atoms with Gasteiger partial charge in [-0.1, -0.05) is 24.3 Å². The van der Waals surface area contributed by atoms with Crippen LogP contribution in [0.25, 0.3) is 21.7 Å². The van der Waals surface area contributed by atoms with E-state index in [1.807, 2.05) is 36.5 Å². The Morgan fingerprint density at radius 3 is 2.62 bits per heavy atom. The van der Waals surface area contributed by atoms with Gasteiger partial charge in [-0.2, -0.15) is 0 Å². The highest BCUT2D eigenvalue weighted by atomic mass is 79.9. The van der Waals surface area contributed by atoms with Gasteiger partial charge in [-0.15, -0.1) is 17.0 Å². The molecule has 80 valence electrons. The van der Waals surface area contributed by atoms with Crippen molar-refractivity contribution in [2.45, 2.75) is 0 Å². The molecule has 0 fully saturated rings. The Morgan fingerprint density at radius 2 is 1.75 bits per heavy atom. The summed E-state index contributed by atoms with van der Waals surface area (Å²) < 4.78 is 0. The predicted molar refractivity (Wildman–Crippen MR) is 71.2 cm³/mol. The van der Waals surface area contributed by atoms with Crippen molar-refractivity contribution in [3.8, 4) is 5.75 Å². The highest BCUT2D eigenvalue weighted by Gasteiger charge is 2.01. The van der Waals surface area contributed by atoms with Crippen molar-refractivity contribution in [3.63, 3.8) is 0 Å². The Labute approximate surface area is 103 Å². The van der Waals surface area contributed by atoms with Crippen molar-refractivity contribution in [3.05, 3.63) is 48.7 Å². The van der Waals surface area contributed by atoms with Crippen LogP contribution in [0.4, 0.5) is 0 Å². The van der Waals surface area contributed by atoms with Crippen LogP contribution in [-0.4, -0.2) is 10.1 Å². The predicted octanol–water partition coefficient (Wildman–Crippen LogP) is 3.67. The monoisotopic (exact) mass is 275 g/mol. The topological polar surface area (TPSA) is 33.1 Å². The van der Waals surface area contributed by atoms with E-state index in [1.165, 1.54) is 0 Å². The Morgan fingerprint density at radius 1 is 0.938 bits per heavy atom. The molecule has 0 aliphatic heterocycles. The van der Waals surface area contributed by atoms with E-state index in [0.717, 1.165) is 21.7 Å². The summed E-state index contributed by atoms with van der Waals surface area (Å²) in [7, 11) is 0. The van der Waals surface area contributed by atoms with Crippen LogP contribution in [0, 0.1) is 0 Å². The van der Waals surface area contributed by atoms with E-state index in [1.54, 1.807) is 12.1 Å². The van der Waals surface area contributed by atoms with Crippen LogP contribution in [0.3, 0.4) is 0 Å². The molecule has 2 aromatic carbocycles. The number of pyridine rings is 1. The molecule has 1 aromatic heterocycles. The number of nitrogens with zero attached hydrogens (tertiary/aromatic N) is 1. The minimum Gasteiger partial charge on any atom is -0.508 e. The molecule has 2 nitrogen and oxygen atoms in total. The number of hydrogen-bond donors (Lipinski definition) is 1. The summed E-state index contributed by atoms with van der Waals surface area (Å²) in [6.45, 7) is 0. The van der Waals surface area contributed by atoms with E-state index in [4.69, 9.17) is 0 Å². The normalized spacial score (nSPS) is 10.2. The van der Waals surface area contributed by atoms with Crippen LogP contribution in [0.2, 0.25) is 0 Å². The van der Waals surface area contributed by atoms with E-state index in [2.05, 4.69) is 4.98 Å². The molecule has 0 aliphatic carbocycles. The van der Waals surface area contributed by atoms with E-state index in [9.17, 15) is 5.11 Å².